The van der Waals surface area contributed by atoms with Gasteiger partial charge in [-0.2, -0.15) is 0 Å². The van der Waals surface area contributed by atoms with Gasteiger partial charge in [0.2, 0.25) is 0 Å². The van der Waals surface area contributed by atoms with E-state index in [4.69, 9.17) is 0 Å². The van der Waals surface area contributed by atoms with Gasteiger partial charge in [-0.25, -0.2) is 9.97 Å². The van der Waals surface area contributed by atoms with Crippen LogP contribution in [0.3, 0.4) is 0 Å². The molecule has 2 heterocycles. The van der Waals surface area contributed by atoms with Crippen LogP contribution < -0.4 is 4.90 Å². The van der Waals surface area contributed by atoms with Crippen LogP contribution in [-0.2, 0) is 6.42 Å². The molecule has 0 radical (unpaired) electrons. The predicted molar refractivity (Wildman–Crippen MR) is 124 cm³/mol. The Labute approximate surface area is 181 Å². The second-order valence-corrected chi connectivity index (χ2v) is 8.04. The van der Waals surface area contributed by atoms with E-state index in [1.54, 1.807) is 12.4 Å². The highest BCUT2D eigenvalue weighted by Crippen LogP contribution is 2.30. The molecule has 6 heteroatoms. The van der Waals surface area contributed by atoms with E-state index in [9.17, 15) is 0 Å². The SMILES string of the molecule is CCCCCc1ncc(/N=N/c2ccccc2N2CCN(CCCCC)CC2)cn1. The van der Waals surface area contributed by atoms with Gasteiger partial charge < -0.3 is 4.90 Å². The van der Waals surface area contributed by atoms with Crippen LogP contribution in [-0.4, -0.2) is 47.6 Å². The summed E-state index contributed by atoms with van der Waals surface area (Å²) in [5, 5.41) is 8.92. The van der Waals surface area contributed by atoms with Gasteiger partial charge in [-0.1, -0.05) is 51.7 Å². The Kier molecular flexibility index (Phi) is 9.22. The lowest BCUT2D eigenvalue weighted by Gasteiger charge is -2.36. The molecule has 2 aromatic rings. The maximum atomic E-state index is 4.53. The third-order valence-electron chi connectivity index (χ3n) is 5.64. The third-order valence-corrected chi connectivity index (χ3v) is 5.64. The fraction of sp³-hybridized carbons (Fsp3) is 0.583. The molecule has 0 unspecified atom stereocenters. The largest absolute Gasteiger partial charge is 0.367 e. The molecule has 1 fully saturated rings. The van der Waals surface area contributed by atoms with E-state index in [1.807, 2.05) is 12.1 Å². The van der Waals surface area contributed by atoms with E-state index in [2.05, 4.69) is 56.0 Å². The standard InChI is InChI=1S/C24H36N6/c1-3-5-7-13-24-25-19-21(20-26-24)27-28-22-11-8-9-12-23(22)30-17-15-29(16-18-30)14-10-6-4-2/h8-9,11-12,19-20H,3-7,10,13-18H2,1-2H3/b28-27+. The number of hydrogen-bond acceptors (Lipinski definition) is 6. The second-order valence-electron chi connectivity index (χ2n) is 8.04. The maximum Gasteiger partial charge on any atom is 0.128 e. The van der Waals surface area contributed by atoms with Gasteiger partial charge in [0.25, 0.3) is 0 Å². The van der Waals surface area contributed by atoms with E-state index in [0.717, 1.165) is 56.2 Å². The number of hydrogen-bond donors (Lipinski definition) is 0. The minimum absolute atomic E-state index is 0.699. The molecule has 0 bridgehead atoms. The molecule has 162 valence electrons. The molecule has 3 rings (SSSR count). The molecule has 1 aliphatic rings. The highest BCUT2D eigenvalue weighted by atomic mass is 15.3. The molecule has 0 amide bonds. The van der Waals surface area contributed by atoms with Crippen molar-refractivity contribution >= 4 is 17.1 Å². The quantitative estimate of drug-likeness (QED) is 0.341. The summed E-state index contributed by atoms with van der Waals surface area (Å²) < 4.78 is 0. The molecule has 1 aliphatic heterocycles. The molecular weight excluding hydrogens is 372 g/mol. The van der Waals surface area contributed by atoms with Crippen LogP contribution in [0, 0.1) is 0 Å². The van der Waals surface area contributed by atoms with Crippen LogP contribution in [0.2, 0.25) is 0 Å². The Morgan fingerprint density at radius 2 is 1.53 bits per heavy atom. The lowest BCUT2D eigenvalue weighted by molar-refractivity contribution is 0.253. The van der Waals surface area contributed by atoms with Gasteiger partial charge in [0.05, 0.1) is 18.1 Å². The third kappa shape index (κ3) is 6.87. The van der Waals surface area contributed by atoms with Crippen molar-refractivity contribution in [2.45, 2.75) is 58.8 Å². The summed E-state index contributed by atoms with van der Waals surface area (Å²) >= 11 is 0. The van der Waals surface area contributed by atoms with E-state index < -0.39 is 0 Å². The first kappa shape index (κ1) is 22.3. The highest BCUT2D eigenvalue weighted by molar-refractivity contribution is 5.66. The zero-order chi connectivity index (χ0) is 21.0. The Bertz CT molecular complexity index is 766. The summed E-state index contributed by atoms with van der Waals surface area (Å²) in [4.78, 5) is 13.9. The number of benzene rings is 1. The number of anilines is 1. The maximum absolute atomic E-state index is 4.53. The van der Waals surface area contributed by atoms with Crippen molar-refractivity contribution in [2.24, 2.45) is 10.2 Å². The monoisotopic (exact) mass is 408 g/mol. The average Bonchev–Trinajstić information content (AvgIpc) is 2.80. The number of aryl methyl sites for hydroxylation is 1. The Hall–Kier alpha value is -2.34. The van der Waals surface area contributed by atoms with Crippen LogP contribution in [0.5, 0.6) is 0 Å². The first-order valence-electron chi connectivity index (χ1n) is 11.6. The first-order chi connectivity index (χ1) is 14.8. The van der Waals surface area contributed by atoms with Crippen molar-refractivity contribution in [1.29, 1.82) is 0 Å². The van der Waals surface area contributed by atoms with Gasteiger partial charge in [0, 0.05) is 32.6 Å². The van der Waals surface area contributed by atoms with E-state index >= 15 is 0 Å². The summed E-state index contributed by atoms with van der Waals surface area (Å²) in [6, 6.07) is 8.28. The Balaban J connectivity index is 1.58. The lowest BCUT2D eigenvalue weighted by atomic mass is 10.2. The van der Waals surface area contributed by atoms with Gasteiger partial charge in [-0.3, -0.25) is 4.90 Å². The molecule has 0 N–H and O–H groups in total. The number of unbranched alkanes of at least 4 members (excludes halogenated alkanes) is 4. The molecular formula is C24H36N6. The smallest absolute Gasteiger partial charge is 0.128 e. The van der Waals surface area contributed by atoms with Crippen molar-refractivity contribution in [3.8, 4) is 0 Å². The fourth-order valence-corrected chi connectivity index (χ4v) is 3.79. The summed E-state index contributed by atoms with van der Waals surface area (Å²) in [5.74, 6) is 0.889. The van der Waals surface area contributed by atoms with Crippen molar-refractivity contribution in [2.75, 3.05) is 37.6 Å². The topological polar surface area (TPSA) is 57.0 Å². The average molecular weight is 409 g/mol. The molecule has 30 heavy (non-hydrogen) atoms. The number of piperazine rings is 1. The highest BCUT2D eigenvalue weighted by Gasteiger charge is 2.18. The van der Waals surface area contributed by atoms with Crippen LogP contribution >= 0.6 is 0 Å². The molecule has 1 aromatic heterocycles. The number of azo groups is 1. The summed E-state index contributed by atoms with van der Waals surface area (Å²) in [7, 11) is 0. The molecule has 6 nitrogen and oxygen atoms in total. The summed E-state index contributed by atoms with van der Waals surface area (Å²) in [5.41, 5.74) is 2.76. The van der Waals surface area contributed by atoms with Gasteiger partial charge in [-0.15, -0.1) is 10.2 Å². The number of aromatic nitrogens is 2. The Morgan fingerprint density at radius 1 is 0.833 bits per heavy atom. The van der Waals surface area contributed by atoms with Crippen molar-refractivity contribution in [3.05, 3.63) is 42.5 Å². The zero-order valence-electron chi connectivity index (χ0n) is 18.6. The van der Waals surface area contributed by atoms with Gasteiger partial charge in [0.1, 0.15) is 17.2 Å². The van der Waals surface area contributed by atoms with Crippen molar-refractivity contribution in [3.63, 3.8) is 0 Å². The van der Waals surface area contributed by atoms with Crippen LogP contribution in [0.15, 0.2) is 46.9 Å². The summed E-state index contributed by atoms with van der Waals surface area (Å²) in [6.07, 6.45) is 12.0. The van der Waals surface area contributed by atoms with Crippen LogP contribution in [0.25, 0.3) is 0 Å². The van der Waals surface area contributed by atoms with Crippen molar-refractivity contribution < 1.29 is 0 Å². The fourth-order valence-electron chi connectivity index (χ4n) is 3.79. The van der Waals surface area contributed by atoms with E-state index in [0.29, 0.717) is 5.69 Å². The second kappa shape index (κ2) is 12.4. The normalized spacial score (nSPS) is 15.2. The first-order valence-corrected chi connectivity index (χ1v) is 11.6. The molecule has 0 aliphatic carbocycles. The predicted octanol–water partition coefficient (Wildman–Crippen LogP) is 5.94. The van der Waals surface area contributed by atoms with Crippen LogP contribution in [0.4, 0.5) is 17.1 Å². The van der Waals surface area contributed by atoms with E-state index in [-0.39, 0.29) is 0 Å². The van der Waals surface area contributed by atoms with E-state index in [1.165, 1.54) is 38.6 Å². The molecule has 1 saturated heterocycles. The summed E-state index contributed by atoms with van der Waals surface area (Å²) in [6.45, 7) is 9.98. The number of nitrogens with zero attached hydrogens (tertiary/aromatic N) is 6. The number of para-hydroxylation sites is 1. The van der Waals surface area contributed by atoms with Gasteiger partial charge in [0.15, 0.2) is 0 Å². The Morgan fingerprint density at radius 3 is 2.27 bits per heavy atom. The molecule has 0 atom stereocenters. The minimum Gasteiger partial charge on any atom is -0.367 e. The molecule has 0 spiro atoms. The van der Waals surface area contributed by atoms with Crippen LogP contribution in [0.1, 0.15) is 58.2 Å². The minimum atomic E-state index is 0.699. The number of rotatable bonds is 11. The molecule has 0 saturated carbocycles. The van der Waals surface area contributed by atoms with Crippen molar-refractivity contribution in [1.82, 2.24) is 14.9 Å². The zero-order valence-corrected chi connectivity index (χ0v) is 18.6. The van der Waals surface area contributed by atoms with Gasteiger partial charge in [-0.05, 0) is 31.5 Å². The molecule has 1 aromatic carbocycles. The van der Waals surface area contributed by atoms with Gasteiger partial charge >= 0.3 is 0 Å². The lowest BCUT2D eigenvalue weighted by Crippen LogP contribution is -2.46.